The van der Waals surface area contributed by atoms with Crippen LogP contribution < -0.4 is 0 Å². The third-order valence-corrected chi connectivity index (χ3v) is 3.43. The molecule has 0 heterocycles. The smallest absolute Gasteiger partial charge is 0.303 e. The lowest BCUT2D eigenvalue weighted by atomic mass is 10.1. The van der Waals surface area contributed by atoms with Crippen molar-refractivity contribution in [3.05, 3.63) is 35.4 Å². The first-order chi connectivity index (χ1) is 9.90. The van der Waals surface area contributed by atoms with Gasteiger partial charge in [0.05, 0.1) is 6.54 Å². The van der Waals surface area contributed by atoms with Gasteiger partial charge in [-0.2, -0.15) is 0 Å². The standard InChI is InChI=1S/C16H24N2O3/c1-13-7-4-5-8-14(13)11-18(3)15(19)12-17(2)10-6-9-16(20)21/h4-5,7-8H,6,9-12H2,1-3H3,(H,20,21). The topological polar surface area (TPSA) is 60.9 Å². The maximum absolute atomic E-state index is 12.1. The normalized spacial score (nSPS) is 10.7. The van der Waals surface area contributed by atoms with Crippen molar-refractivity contribution < 1.29 is 14.7 Å². The van der Waals surface area contributed by atoms with Crippen LogP contribution in [-0.2, 0) is 16.1 Å². The highest BCUT2D eigenvalue weighted by Crippen LogP contribution is 2.09. The number of carbonyl (C=O) groups is 2. The molecule has 0 unspecified atom stereocenters. The minimum absolute atomic E-state index is 0.0380. The van der Waals surface area contributed by atoms with Gasteiger partial charge in [0.2, 0.25) is 5.91 Å². The van der Waals surface area contributed by atoms with E-state index in [9.17, 15) is 9.59 Å². The molecule has 0 saturated heterocycles. The maximum Gasteiger partial charge on any atom is 0.303 e. The fourth-order valence-corrected chi connectivity index (χ4v) is 2.06. The van der Waals surface area contributed by atoms with Gasteiger partial charge in [-0.05, 0) is 38.1 Å². The van der Waals surface area contributed by atoms with Crippen molar-refractivity contribution in [2.45, 2.75) is 26.3 Å². The molecule has 1 rings (SSSR count). The number of hydrogen-bond donors (Lipinski definition) is 1. The number of carboxylic acids is 1. The van der Waals surface area contributed by atoms with Crippen molar-refractivity contribution in [1.82, 2.24) is 9.80 Å². The summed E-state index contributed by atoms with van der Waals surface area (Å²) in [6.45, 7) is 3.54. The number of hydrogen-bond acceptors (Lipinski definition) is 3. The minimum atomic E-state index is -0.800. The van der Waals surface area contributed by atoms with Gasteiger partial charge in [0.25, 0.3) is 0 Å². The molecule has 0 bridgehead atoms. The molecule has 0 spiro atoms. The summed E-state index contributed by atoms with van der Waals surface area (Å²) in [4.78, 5) is 26.2. The second-order valence-corrected chi connectivity index (χ2v) is 5.41. The van der Waals surface area contributed by atoms with Crippen LogP contribution in [0, 0.1) is 6.92 Å². The van der Waals surface area contributed by atoms with Crippen LogP contribution in [0.4, 0.5) is 0 Å². The predicted octanol–water partition coefficient (Wildman–Crippen LogP) is 1.75. The molecular weight excluding hydrogens is 268 g/mol. The van der Waals surface area contributed by atoms with Gasteiger partial charge in [0.1, 0.15) is 0 Å². The summed E-state index contributed by atoms with van der Waals surface area (Å²) >= 11 is 0. The first-order valence-electron chi connectivity index (χ1n) is 7.09. The zero-order valence-electron chi connectivity index (χ0n) is 13.0. The zero-order valence-corrected chi connectivity index (χ0v) is 13.0. The molecule has 0 aliphatic heterocycles. The van der Waals surface area contributed by atoms with Crippen LogP contribution in [0.5, 0.6) is 0 Å². The van der Waals surface area contributed by atoms with E-state index in [1.807, 2.05) is 43.1 Å². The van der Waals surface area contributed by atoms with Gasteiger partial charge < -0.3 is 10.0 Å². The van der Waals surface area contributed by atoms with Gasteiger partial charge in [-0.15, -0.1) is 0 Å². The summed E-state index contributed by atoms with van der Waals surface area (Å²) in [6.07, 6.45) is 0.693. The molecule has 0 atom stereocenters. The molecule has 0 aliphatic rings. The Labute approximate surface area is 126 Å². The summed E-state index contributed by atoms with van der Waals surface area (Å²) in [6, 6.07) is 8.01. The summed E-state index contributed by atoms with van der Waals surface area (Å²) < 4.78 is 0. The molecule has 1 aromatic rings. The number of rotatable bonds is 8. The average molecular weight is 292 g/mol. The monoisotopic (exact) mass is 292 g/mol. The molecule has 0 saturated carbocycles. The largest absolute Gasteiger partial charge is 0.481 e. The van der Waals surface area contributed by atoms with Crippen molar-refractivity contribution in [3.63, 3.8) is 0 Å². The van der Waals surface area contributed by atoms with E-state index in [-0.39, 0.29) is 12.3 Å². The molecule has 5 heteroatoms. The van der Waals surface area contributed by atoms with Crippen LogP contribution in [0.15, 0.2) is 24.3 Å². The van der Waals surface area contributed by atoms with Crippen LogP contribution in [0.1, 0.15) is 24.0 Å². The Balaban J connectivity index is 2.40. The number of carboxylic acid groups (broad SMARTS) is 1. The lowest BCUT2D eigenvalue weighted by Crippen LogP contribution is -2.36. The summed E-state index contributed by atoms with van der Waals surface area (Å²) in [7, 11) is 3.63. The molecule has 0 aromatic heterocycles. The minimum Gasteiger partial charge on any atom is -0.481 e. The van der Waals surface area contributed by atoms with Crippen molar-refractivity contribution in [2.24, 2.45) is 0 Å². The van der Waals surface area contributed by atoms with E-state index in [1.165, 1.54) is 5.56 Å². The molecule has 21 heavy (non-hydrogen) atoms. The molecule has 0 aliphatic carbocycles. The lowest BCUT2D eigenvalue weighted by Gasteiger charge is -2.22. The van der Waals surface area contributed by atoms with E-state index in [0.717, 1.165) is 5.56 Å². The molecule has 0 radical (unpaired) electrons. The lowest BCUT2D eigenvalue weighted by molar-refractivity contribution is -0.137. The Hall–Kier alpha value is -1.88. The third kappa shape index (κ3) is 6.40. The fraction of sp³-hybridized carbons (Fsp3) is 0.500. The van der Waals surface area contributed by atoms with Crippen molar-refractivity contribution in [2.75, 3.05) is 27.2 Å². The number of carbonyl (C=O) groups excluding carboxylic acids is 1. The molecule has 0 fully saturated rings. The van der Waals surface area contributed by atoms with Gasteiger partial charge in [0, 0.05) is 20.0 Å². The maximum atomic E-state index is 12.1. The number of amides is 1. The van der Waals surface area contributed by atoms with E-state index in [1.54, 1.807) is 11.9 Å². The molecule has 5 nitrogen and oxygen atoms in total. The van der Waals surface area contributed by atoms with Crippen LogP contribution in [0.3, 0.4) is 0 Å². The van der Waals surface area contributed by atoms with Crippen molar-refractivity contribution in [3.8, 4) is 0 Å². The molecule has 1 aromatic carbocycles. The first kappa shape index (κ1) is 17.2. The number of aliphatic carboxylic acids is 1. The Morgan fingerprint density at radius 3 is 2.48 bits per heavy atom. The van der Waals surface area contributed by atoms with Crippen LogP contribution >= 0.6 is 0 Å². The first-order valence-corrected chi connectivity index (χ1v) is 7.09. The van der Waals surface area contributed by atoms with Crippen molar-refractivity contribution in [1.29, 1.82) is 0 Å². The van der Waals surface area contributed by atoms with Gasteiger partial charge in [-0.3, -0.25) is 14.5 Å². The predicted molar refractivity (Wildman–Crippen MR) is 82.0 cm³/mol. The fourth-order valence-electron chi connectivity index (χ4n) is 2.06. The molecule has 1 N–H and O–H groups in total. The second kappa shape index (κ2) is 8.42. The highest BCUT2D eigenvalue weighted by atomic mass is 16.4. The van der Waals surface area contributed by atoms with E-state index in [0.29, 0.717) is 26.1 Å². The van der Waals surface area contributed by atoms with Gasteiger partial charge >= 0.3 is 5.97 Å². The summed E-state index contributed by atoms with van der Waals surface area (Å²) in [5, 5.41) is 8.59. The Kier molecular flexibility index (Phi) is 6.88. The number of nitrogens with zero attached hydrogens (tertiary/aromatic N) is 2. The Bertz CT molecular complexity index is 488. The quantitative estimate of drug-likeness (QED) is 0.793. The van der Waals surface area contributed by atoms with Crippen molar-refractivity contribution >= 4 is 11.9 Å². The SMILES string of the molecule is Cc1ccccc1CN(C)C(=O)CN(C)CCCC(=O)O. The van der Waals surface area contributed by atoms with E-state index < -0.39 is 5.97 Å². The Morgan fingerprint density at radius 2 is 1.86 bits per heavy atom. The van der Waals surface area contributed by atoms with E-state index in [4.69, 9.17) is 5.11 Å². The van der Waals surface area contributed by atoms with Crippen LogP contribution in [0.25, 0.3) is 0 Å². The van der Waals surface area contributed by atoms with Gasteiger partial charge in [-0.25, -0.2) is 0 Å². The number of likely N-dealkylation sites (N-methyl/N-ethyl adjacent to an activating group) is 2. The summed E-state index contributed by atoms with van der Waals surface area (Å²) in [5.41, 5.74) is 2.31. The number of benzene rings is 1. The summed E-state index contributed by atoms with van der Waals surface area (Å²) in [5.74, 6) is -0.762. The van der Waals surface area contributed by atoms with Crippen LogP contribution in [0.2, 0.25) is 0 Å². The molecule has 1 amide bonds. The Morgan fingerprint density at radius 1 is 1.19 bits per heavy atom. The molecule has 116 valence electrons. The van der Waals surface area contributed by atoms with E-state index >= 15 is 0 Å². The third-order valence-electron chi connectivity index (χ3n) is 3.43. The highest BCUT2D eigenvalue weighted by molar-refractivity contribution is 5.78. The highest BCUT2D eigenvalue weighted by Gasteiger charge is 2.13. The van der Waals surface area contributed by atoms with E-state index in [2.05, 4.69) is 0 Å². The molecular formula is C16H24N2O3. The number of aryl methyl sites for hydroxylation is 1. The second-order valence-electron chi connectivity index (χ2n) is 5.41. The van der Waals surface area contributed by atoms with Gasteiger partial charge in [-0.1, -0.05) is 24.3 Å². The zero-order chi connectivity index (χ0) is 15.8. The van der Waals surface area contributed by atoms with Gasteiger partial charge in [0.15, 0.2) is 0 Å². The average Bonchev–Trinajstić information content (AvgIpc) is 2.40. The van der Waals surface area contributed by atoms with Crippen LogP contribution in [-0.4, -0.2) is 54.0 Å².